The number of carbonyl (C=O) groups excluding carboxylic acids is 1. The Hall–Kier alpha value is -1.64. The largest absolute Gasteiger partial charge is 0.481 e. The van der Waals surface area contributed by atoms with Gasteiger partial charge in [0.2, 0.25) is 15.9 Å². The minimum absolute atomic E-state index is 0.00665. The summed E-state index contributed by atoms with van der Waals surface area (Å²) in [7, 11) is -0.866. The molecule has 2 N–H and O–H groups in total. The number of carboxylic acids is 1. The average molecular weight is 403 g/mol. The first kappa shape index (κ1) is 20.7. The standard InChI is InChI=1S/C17H23ClN2O5S/c1-20(2)26(24,25)12-6-7-13(18)14(10-12)19-15(21)11-17(16(22)23)8-4-3-5-9-17/h6-7,10H,3-5,8-9,11H2,1-2H3,(H,19,21)(H,22,23). The van der Waals surface area contributed by atoms with Gasteiger partial charge in [0.25, 0.3) is 0 Å². The van der Waals surface area contributed by atoms with E-state index in [-0.39, 0.29) is 22.0 Å². The van der Waals surface area contributed by atoms with E-state index in [1.807, 2.05) is 0 Å². The number of carboxylic acid groups (broad SMARTS) is 1. The van der Waals surface area contributed by atoms with Gasteiger partial charge in [0.15, 0.2) is 0 Å². The summed E-state index contributed by atoms with van der Waals surface area (Å²) in [6.07, 6.45) is 3.26. The maximum atomic E-state index is 12.4. The highest BCUT2D eigenvalue weighted by molar-refractivity contribution is 7.89. The molecular formula is C17H23ClN2O5S. The molecule has 0 bridgehead atoms. The van der Waals surface area contributed by atoms with Crippen LogP contribution in [0.3, 0.4) is 0 Å². The van der Waals surface area contributed by atoms with Crippen molar-refractivity contribution in [2.45, 2.75) is 43.4 Å². The second kappa shape index (κ2) is 7.94. The number of hydrogen-bond donors (Lipinski definition) is 2. The molecule has 26 heavy (non-hydrogen) atoms. The zero-order valence-corrected chi connectivity index (χ0v) is 16.4. The van der Waals surface area contributed by atoms with E-state index in [4.69, 9.17) is 11.6 Å². The number of rotatable bonds is 6. The summed E-state index contributed by atoms with van der Waals surface area (Å²) < 4.78 is 25.5. The van der Waals surface area contributed by atoms with Crippen molar-refractivity contribution in [2.24, 2.45) is 5.41 Å². The molecule has 9 heteroatoms. The Morgan fingerprint density at radius 2 is 1.85 bits per heavy atom. The van der Waals surface area contributed by atoms with E-state index in [1.165, 1.54) is 32.3 Å². The quantitative estimate of drug-likeness (QED) is 0.761. The van der Waals surface area contributed by atoms with Crippen molar-refractivity contribution in [3.05, 3.63) is 23.2 Å². The van der Waals surface area contributed by atoms with Crippen molar-refractivity contribution in [2.75, 3.05) is 19.4 Å². The Bertz CT molecular complexity index is 801. The number of hydrogen-bond acceptors (Lipinski definition) is 4. The fourth-order valence-corrected chi connectivity index (χ4v) is 4.26. The van der Waals surface area contributed by atoms with Gasteiger partial charge in [-0.05, 0) is 31.0 Å². The molecule has 1 aliphatic rings. The number of benzene rings is 1. The molecule has 1 amide bonds. The van der Waals surface area contributed by atoms with Crippen LogP contribution in [0.25, 0.3) is 0 Å². The smallest absolute Gasteiger partial charge is 0.310 e. The summed E-state index contributed by atoms with van der Waals surface area (Å²) in [5.41, 5.74) is -0.918. The lowest BCUT2D eigenvalue weighted by molar-refractivity contribution is -0.153. The van der Waals surface area contributed by atoms with Crippen LogP contribution in [0.15, 0.2) is 23.1 Å². The van der Waals surface area contributed by atoms with E-state index in [0.29, 0.717) is 12.8 Å². The topological polar surface area (TPSA) is 104 Å². The first-order valence-electron chi connectivity index (χ1n) is 8.34. The van der Waals surface area contributed by atoms with E-state index in [2.05, 4.69) is 5.32 Å². The number of halogens is 1. The summed E-state index contributed by atoms with van der Waals surface area (Å²) in [6.45, 7) is 0. The van der Waals surface area contributed by atoms with Gasteiger partial charge in [-0.1, -0.05) is 30.9 Å². The van der Waals surface area contributed by atoms with Crippen LogP contribution in [0, 0.1) is 5.41 Å². The summed E-state index contributed by atoms with van der Waals surface area (Å²) in [4.78, 5) is 24.1. The van der Waals surface area contributed by atoms with Crippen LogP contribution in [0.5, 0.6) is 0 Å². The number of nitrogens with zero attached hydrogens (tertiary/aromatic N) is 1. The van der Waals surface area contributed by atoms with Gasteiger partial charge in [-0.15, -0.1) is 0 Å². The van der Waals surface area contributed by atoms with Gasteiger partial charge in [-0.25, -0.2) is 12.7 Å². The highest BCUT2D eigenvalue weighted by Crippen LogP contribution is 2.40. The number of anilines is 1. The van der Waals surface area contributed by atoms with Crippen LogP contribution >= 0.6 is 11.6 Å². The van der Waals surface area contributed by atoms with E-state index in [1.54, 1.807) is 0 Å². The highest BCUT2D eigenvalue weighted by Gasteiger charge is 2.41. The van der Waals surface area contributed by atoms with Crippen molar-refractivity contribution in [1.82, 2.24) is 4.31 Å². The van der Waals surface area contributed by atoms with Gasteiger partial charge in [-0.2, -0.15) is 0 Å². The Labute approximate surface area is 158 Å². The molecule has 0 saturated heterocycles. The second-order valence-electron chi connectivity index (χ2n) is 6.80. The van der Waals surface area contributed by atoms with Gasteiger partial charge < -0.3 is 10.4 Å². The number of sulfonamides is 1. The van der Waals surface area contributed by atoms with Gasteiger partial charge in [0.05, 0.1) is 21.0 Å². The minimum Gasteiger partial charge on any atom is -0.481 e. The Balaban J connectivity index is 2.22. The van der Waals surface area contributed by atoms with E-state index in [9.17, 15) is 23.1 Å². The zero-order chi connectivity index (χ0) is 19.5. The molecular weight excluding hydrogens is 380 g/mol. The van der Waals surface area contributed by atoms with Gasteiger partial charge in [0, 0.05) is 20.5 Å². The lowest BCUT2D eigenvalue weighted by Gasteiger charge is -2.32. The van der Waals surface area contributed by atoms with Crippen LogP contribution in [0.2, 0.25) is 5.02 Å². The Morgan fingerprint density at radius 3 is 2.38 bits per heavy atom. The van der Waals surface area contributed by atoms with Crippen LogP contribution in [0.4, 0.5) is 5.69 Å². The highest BCUT2D eigenvalue weighted by atomic mass is 35.5. The third-order valence-electron chi connectivity index (χ3n) is 4.75. The SMILES string of the molecule is CN(C)S(=O)(=O)c1ccc(Cl)c(NC(=O)CC2(C(=O)O)CCCCC2)c1. The second-order valence-corrected chi connectivity index (χ2v) is 9.36. The average Bonchev–Trinajstić information content (AvgIpc) is 2.57. The lowest BCUT2D eigenvalue weighted by atomic mass is 9.71. The van der Waals surface area contributed by atoms with E-state index < -0.39 is 27.3 Å². The third kappa shape index (κ3) is 4.36. The molecule has 1 aromatic rings. The van der Waals surface area contributed by atoms with Gasteiger partial charge in [0.1, 0.15) is 0 Å². The molecule has 0 aliphatic heterocycles. The van der Waals surface area contributed by atoms with Crippen molar-refractivity contribution in [1.29, 1.82) is 0 Å². The van der Waals surface area contributed by atoms with Crippen LogP contribution in [0.1, 0.15) is 38.5 Å². The molecule has 0 unspecified atom stereocenters. The molecule has 1 saturated carbocycles. The Morgan fingerprint density at radius 1 is 1.23 bits per heavy atom. The molecule has 144 valence electrons. The van der Waals surface area contributed by atoms with E-state index >= 15 is 0 Å². The summed E-state index contributed by atoms with van der Waals surface area (Å²) in [5, 5.41) is 12.3. The predicted molar refractivity (Wildman–Crippen MR) is 98.7 cm³/mol. The minimum atomic E-state index is -3.68. The summed E-state index contributed by atoms with van der Waals surface area (Å²) >= 11 is 6.07. The number of carbonyl (C=O) groups is 2. The number of aliphatic carboxylic acids is 1. The monoisotopic (exact) mass is 402 g/mol. The Kier molecular flexibility index (Phi) is 6.31. The molecule has 0 spiro atoms. The van der Waals surface area contributed by atoms with Gasteiger partial charge in [-0.3, -0.25) is 9.59 Å². The number of nitrogens with one attached hydrogen (secondary N) is 1. The summed E-state index contributed by atoms with van der Waals surface area (Å²) in [6, 6.07) is 4.03. The van der Waals surface area contributed by atoms with Crippen LogP contribution < -0.4 is 5.32 Å². The van der Waals surface area contributed by atoms with Gasteiger partial charge >= 0.3 is 5.97 Å². The van der Waals surface area contributed by atoms with Crippen molar-refractivity contribution in [3.8, 4) is 0 Å². The fourth-order valence-electron chi connectivity index (χ4n) is 3.17. The molecule has 0 atom stereocenters. The van der Waals surface area contributed by atoms with Crippen molar-refractivity contribution < 1.29 is 23.1 Å². The normalized spacial score (nSPS) is 17.1. The molecule has 1 aliphatic carbocycles. The molecule has 1 aromatic carbocycles. The van der Waals surface area contributed by atoms with Crippen LogP contribution in [-0.4, -0.2) is 43.8 Å². The molecule has 2 rings (SSSR count). The summed E-state index contributed by atoms with van der Waals surface area (Å²) in [5.74, 6) is -1.46. The van der Waals surface area contributed by atoms with Crippen molar-refractivity contribution >= 4 is 39.2 Å². The van der Waals surface area contributed by atoms with E-state index in [0.717, 1.165) is 23.6 Å². The predicted octanol–water partition coefficient (Wildman–Crippen LogP) is 2.95. The first-order chi connectivity index (χ1) is 12.1. The van der Waals surface area contributed by atoms with Crippen LogP contribution in [-0.2, 0) is 19.6 Å². The molecule has 0 radical (unpaired) electrons. The molecule has 7 nitrogen and oxygen atoms in total. The zero-order valence-electron chi connectivity index (χ0n) is 14.8. The first-order valence-corrected chi connectivity index (χ1v) is 10.2. The maximum Gasteiger partial charge on any atom is 0.310 e. The number of amides is 1. The van der Waals surface area contributed by atoms with Crippen molar-refractivity contribution in [3.63, 3.8) is 0 Å². The molecule has 1 fully saturated rings. The molecule has 0 aromatic heterocycles. The maximum absolute atomic E-state index is 12.4. The third-order valence-corrected chi connectivity index (χ3v) is 6.89. The lowest BCUT2D eigenvalue weighted by Crippen LogP contribution is -2.37. The fraction of sp³-hybridized carbons (Fsp3) is 0.529. The molecule has 0 heterocycles.